The van der Waals surface area contributed by atoms with Gasteiger partial charge in [0.15, 0.2) is 0 Å². The number of β-amino-alcohol motifs (C(OH)–C–C–N with tert-alkyl or cyclic N) is 1. The Morgan fingerprint density at radius 1 is 1.53 bits per heavy atom. The van der Waals surface area contributed by atoms with Crippen LogP contribution >= 0.6 is 11.6 Å². The average Bonchev–Trinajstić information content (AvgIpc) is 2.32. The molecule has 1 aliphatic rings. The molecule has 2 atom stereocenters. The summed E-state index contributed by atoms with van der Waals surface area (Å²) in [6.45, 7) is 3.03. The van der Waals surface area contributed by atoms with E-state index in [2.05, 4.69) is 0 Å². The number of hydrogen-bond acceptors (Lipinski definition) is 4. The van der Waals surface area contributed by atoms with Crippen molar-refractivity contribution in [3.05, 3.63) is 22.7 Å². The van der Waals surface area contributed by atoms with Gasteiger partial charge in [-0.25, -0.2) is 4.79 Å². The number of aromatic carboxylic acids is 1. The van der Waals surface area contributed by atoms with Crippen LogP contribution in [0, 0.1) is 5.92 Å². The number of piperidine rings is 1. The van der Waals surface area contributed by atoms with Crippen LogP contribution in [0.3, 0.4) is 0 Å². The summed E-state index contributed by atoms with van der Waals surface area (Å²) in [5.74, 6) is -0.866. The van der Waals surface area contributed by atoms with Gasteiger partial charge >= 0.3 is 5.97 Å². The van der Waals surface area contributed by atoms with E-state index in [0.717, 1.165) is 6.42 Å². The molecule has 0 spiro atoms. The number of nitrogen functional groups attached to an aromatic ring is 1. The highest BCUT2D eigenvalue weighted by atomic mass is 35.5. The van der Waals surface area contributed by atoms with Gasteiger partial charge in [0.25, 0.3) is 0 Å². The third-order valence-electron chi connectivity index (χ3n) is 3.55. The van der Waals surface area contributed by atoms with Gasteiger partial charge in [-0.15, -0.1) is 0 Å². The molecular formula is C13H17ClN2O3. The van der Waals surface area contributed by atoms with Crippen LogP contribution in [0.5, 0.6) is 0 Å². The summed E-state index contributed by atoms with van der Waals surface area (Å²) in [7, 11) is 0. The minimum absolute atomic E-state index is 0.0757. The molecule has 2 rings (SSSR count). The number of carboxylic acids is 1. The van der Waals surface area contributed by atoms with E-state index in [1.165, 1.54) is 12.1 Å². The lowest BCUT2D eigenvalue weighted by atomic mass is 9.95. The van der Waals surface area contributed by atoms with Gasteiger partial charge in [0.2, 0.25) is 0 Å². The van der Waals surface area contributed by atoms with Crippen LogP contribution < -0.4 is 10.6 Å². The van der Waals surface area contributed by atoms with E-state index >= 15 is 0 Å². The van der Waals surface area contributed by atoms with Crippen LogP contribution in [0.2, 0.25) is 5.02 Å². The number of rotatable bonds is 2. The van der Waals surface area contributed by atoms with Gasteiger partial charge in [-0.05, 0) is 24.5 Å². The van der Waals surface area contributed by atoms with E-state index in [1.807, 2.05) is 11.8 Å². The maximum absolute atomic E-state index is 11.3. The van der Waals surface area contributed by atoms with Crippen molar-refractivity contribution in [3.8, 4) is 0 Å². The number of carboxylic acid groups (broad SMARTS) is 1. The molecule has 0 aliphatic carbocycles. The summed E-state index contributed by atoms with van der Waals surface area (Å²) in [6, 6.07) is 2.93. The largest absolute Gasteiger partial charge is 0.478 e. The number of anilines is 2. The van der Waals surface area contributed by atoms with Crippen LogP contribution in [0.15, 0.2) is 12.1 Å². The van der Waals surface area contributed by atoms with Crippen LogP contribution in [0.25, 0.3) is 0 Å². The number of carbonyl (C=O) groups is 1. The Kier molecular flexibility index (Phi) is 3.87. The molecular weight excluding hydrogens is 268 g/mol. The van der Waals surface area contributed by atoms with Crippen molar-refractivity contribution >= 4 is 28.9 Å². The maximum Gasteiger partial charge on any atom is 0.337 e. The molecule has 0 amide bonds. The van der Waals surface area contributed by atoms with Gasteiger partial charge in [0.1, 0.15) is 0 Å². The monoisotopic (exact) mass is 284 g/mol. The molecule has 104 valence electrons. The molecule has 2 unspecified atom stereocenters. The number of nitrogens with two attached hydrogens (primary N) is 1. The smallest absolute Gasteiger partial charge is 0.337 e. The number of nitrogens with zero attached hydrogens (tertiary/aromatic N) is 1. The highest BCUT2D eigenvalue weighted by Gasteiger charge is 2.28. The first-order valence-electron chi connectivity index (χ1n) is 6.15. The van der Waals surface area contributed by atoms with E-state index in [-0.39, 0.29) is 11.5 Å². The van der Waals surface area contributed by atoms with Gasteiger partial charge < -0.3 is 20.8 Å². The summed E-state index contributed by atoms with van der Waals surface area (Å²) < 4.78 is 0. The second-order valence-corrected chi connectivity index (χ2v) is 5.39. The predicted octanol–water partition coefficient (Wildman–Crippen LogP) is 1.83. The zero-order chi connectivity index (χ0) is 14.2. The fourth-order valence-electron chi connectivity index (χ4n) is 2.36. The number of benzene rings is 1. The Labute approximate surface area is 116 Å². The molecule has 1 fully saturated rings. The van der Waals surface area contributed by atoms with E-state index in [4.69, 9.17) is 17.3 Å². The molecule has 4 N–H and O–H groups in total. The quantitative estimate of drug-likeness (QED) is 0.721. The molecule has 1 aromatic carbocycles. The van der Waals surface area contributed by atoms with Crippen molar-refractivity contribution in [1.29, 1.82) is 0 Å². The fourth-order valence-corrected chi connectivity index (χ4v) is 2.70. The summed E-state index contributed by atoms with van der Waals surface area (Å²) in [6.07, 6.45) is 0.310. The highest BCUT2D eigenvalue weighted by Crippen LogP contribution is 2.35. The summed E-state index contributed by atoms with van der Waals surface area (Å²) in [5.41, 5.74) is 6.46. The van der Waals surface area contributed by atoms with Gasteiger partial charge in [-0.2, -0.15) is 0 Å². The Bertz CT molecular complexity index is 507. The van der Waals surface area contributed by atoms with E-state index in [0.29, 0.717) is 29.5 Å². The predicted molar refractivity (Wildman–Crippen MR) is 74.8 cm³/mol. The molecule has 6 heteroatoms. The maximum atomic E-state index is 11.3. The van der Waals surface area contributed by atoms with Crippen LogP contribution in [0.1, 0.15) is 23.7 Å². The molecule has 0 radical (unpaired) electrons. The molecule has 5 nitrogen and oxygen atoms in total. The van der Waals surface area contributed by atoms with Crippen molar-refractivity contribution < 1.29 is 15.0 Å². The topological polar surface area (TPSA) is 86.8 Å². The van der Waals surface area contributed by atoms with Gasteiger partial charge in [0.05, 0.1) is 22.4 Å². The number of aliphatic hydroxyl groups excluding tert-OH is 1. The van der Waals surface area contributed by atoms with E-state index in [1.54, 1.807) is 0 Å². The molecule has 0 aromatic heterocycles. The Balaban J connectivity index is 2.41. The van der Waals surface area contributed by atoms with Crippen LogP contribution in [0.4, 0.5) is 11.4 Å². The molecule has 0 bridgehead atoms. The van der Waals surface area contributed by atoms with Crippen LogP contribution in [-0.4, -0.2) is 35.4 Å². The SMILES string of the molecule is CC1CCN(c2c(Cl)cc(N)cc2C(=O)O)CC1O. The molecule has 1 aromatic rings. The van der Waals surface area contributed by atoms with E-state index < -0.39 is 12.1 Å². The normalized spacial score (nSPS) is 23.4. The second-order valence-electron chi connectivity index (χ2n) is 4.98. The number of hydrogen-bond donors (Lipinski definition) is 3. The van der Waals surface area contributed by atoms with Gasteiger partial charge in [0, 0.05) is 18.8 Å². The molecule has 1 aliphatic heterocycles. The number of aliphatic hydroxyl groups is 1. The highest BCUT2D eigenvalue weighted by molar-refractivity contribution is 6.34. The zero-order valence-electron chi connectivity index (χ0n) is 10.6. The first-order chi connectivity index (χ1) is 8.90. The minimum Gasteiger partial charge on any atom is -0.478 e. The molecule has 19 heavy (non-hydrogen) atoms. The third kappa shape index (κ3) is 2.77. The minimum atomic E-state index is -1.07. The Hall–Kier alpha value is -1.46. The van der Waals surface area contributed by atoms with Crippen molar-refractivity contribution in [3.63, 3.8) is 0 Å². The summed E-state index contributed by atoms with van der Waals surface area (Å²) >= 11 is 6.13. The van der Waals surface area contributed by atoms with Crippen molar-refractivity contribution in [2.45, 2.75) is 19.4 Å². The zero-order valence-corrected chi connectivity index (χ0v) is 11.4. The number of halogens is 1. The average molecular weight is 285 g/mol. The van der Waals surface area contributed by atoms with Gasteiger partial charge in [-0.1, -0.05) is 18.5 Å². The Morgan fingerprint density at radius 2 is 2.21 bits per heavy atom. The van der Waals surface area contributed by atoms with Crippen molar-refractivity contribution in [2.75, 3.05) is 23.7 Å². The summed E-state index contributed by atoms with van der Waals surface area (Å²) in [5, 5.41) is 19.5. The molecule has 0 saturated carbocycles. The first-order valence-corrected chi connectivity index (χ1v) is 6.53. The van der Waals surface area contributed by atoms with Crippen molar-refractivity contribution in [1.82, 2.24) is 0 Å². The van der Waals surface area contributed by atoms with Crippen molar-refractivity contribution in [2.24, 2.45) is 5.92 Å². The second kappa shape index (κ2) is 5.27. The van der Waals surface area contributed by atoms with Gasteiger partial charge in [-0.3, -0.25) is 0 Å². The lowest BCUT2D eigenvalue weighted by Gasteiger charge is -2.36. The Morgan fingerprint density at radius 3 is 2.79 bits per heavy atom. The lowest BCUT2D eigenvalue weighted by molar-refractivity contribution is 0.0695. The molecule has 1 heterocycles. The first kappa shape index (κ1) is 14.0. The van der Waals surface area contributed by atoms with E-state index in [9.17, 15) is 15.0 Å². The lowest BCUT2D eigenvalue weighted by Crippen LogP contribution is -2.43. The third-order valence-corrected chi connectivity index (χ3v) is 3.84. The summed E-state index contributed by atoms with van der Waals surface area (Å²) in [4.78, 5) is 13.1. The standard InChI is InChI=1S/C13H17ClN2O3/c1-7-2-3-16(6-11(7)17)12-9(13(18)19)4-8(15)5-10(12)14/h4-5,7,11,17H,2-3,6,15H2,1H3,(H,18,19). The molecule has 1 saturated heterocycles. The van der Waals surface area contributed by atoms with Crippen LogP contribution in [-0.2, 0) is 0 Å². The fraction of sp³-hybridized carbons (Fsp3) is 0.462.